The zero-order chi connectivity index (χ0) is 18.2. The molecule has 1 radical (unpaired) electrons. The smallest absolute Gasteiger partial charge is 0.295 e. The van der Waals surface area contributed by atoms with Gasteiger partial charge in [-0.3, -0.25) is 4.98 Å². The van der Waals surface area contributed by atoms with Gasteiger partial charge in [0.15, 0.2) is 0 Å². The first kappa shape index (κ1) is 26.5. The molecule has 0 aliphatic rings. The molecule has 0 aliphatic carbocycles. The number of halogens is 3. The second-order valence-electron chi connectivity index (χ2n) is 4.39. The van der Waals surface area contributed by atoms with Crippen molar-refractivity contribution in [2.45, 2.75) is 41.3 Å². The Balaban J connectivity index is 0. The monoisotopic (exact) mass is 541 g/mol. The van der Waals surface area contributed by atoms with Crippen molar-refractivity contribution in [3.63, 3.8) is 0 Å². The summed E-state index contributed by atoms with van der Waals surface area (Å²) in [6.07, 6.45) is -3.52. The van der Waals surface area contributed by atoms with Crippen LogP contribution in [0.15, 0.2) is 54.7 Å². The third-order valence-electron chi connectivity index (χ3n) is 3.03. The van der Waals surface area contributed by atoms with Gasteiger partial charge >= 0.3 is 6.18 Å². The van der Waals surface area contributed by atoms with Crippen molar-refractivity contribution in [3.05, 3.63) is 66.4 Å². The van der Waals surface area contributed by atoms with Crippen LogP contribution in [-0.4, -0.2) is 4.98 Å². The minimum atomic E-state index is -4.36. The van der Waals surface area contributed by atoms with Crippen LogP contribution < -0.4 is 0 Å². The predicted octanol–water partition coefficient (Wildman–Crippen LogP) is 7.41. The van der Waals surface area contributed by atoms with E-state index in [1.807, 2.05) is 58.0 Å². The zero-order valence-corrected chi connectivity index (χ0v) is 17.0. The third-order valence-corrected chi connectivity index (χ3v) is 3.03. The van der Waals surface area contributed by atoms with Crippen LogP contribution in [0.5, 0.6) is 0 Å². The molecule has 0 fully saturated rings. The van der Waals surface area contributed by atoms with E-state index in [9.17, 15) is 13.2 Å². The van der Waals surface area contributed by atoms with E-state index in [1.165, 1.54) is 6.07 Å². The van der Waals surface area contributed by atoms with Gasteiger partial charge in [-0.05, 0) is 0 Å². The molecule has 0 spiro atoms. The second kappa shape index (κ2) is 12.6. The summed E-state index contributed by atoms with van der Waals surface area (Å²) in [6.45, 7) is 8.00. The predicted molar refractivity (Wildman–Crippen MR) is 100 cm³/mol. The summed E-state index contributed by atoms with van der Waals surface area (Å²) in [5.41, 5.74) is 0.406. The van der Waals surface area contributed by atoms with Gasteiger partial charge < -0.3 is 0 Å². The number of hydrogen-bond acceptors (Lipinski definition) is 1. The van der Waals surface area contributed by atoms with E-state index in [4.69, 9.17) is 0 Å². The quantitative estimate of drug-likeness (QED) is 0.293. The molecule has 1 nitrogen and oxygen atoms in total. The minimum absolute atomic E-state index is 0. The van der Waals surface area contributed by atoms with E-state index >= 15 is 0 Å². The summed E-state index contributed by atoms with van der Waals surface area (Å²) in [6, 6.07) is 16.9. The van der Waals surface area contributed by atoms with E-state index in [-0.39, 0.29) is 27.5 Å². The number of nitrogens with zero attached hydrogens (tertiary/aromatic N) is 1. The number of hydrogen-bond donors (Lipinski definition) is 0. The van der Waals surface area contributed by atoms with Crippen LogP contribution in [0.2, 0.25) is 0 Å². The van der Waals surface area contributed by atoms with Crippen LogP contribution in [0.4, 0.5) is 13.2 Å². The molecule has 2 aromatic carbocycles. The van der Waals surface area contributed by atoms with Gasteiger partial charge in [0.05, 0.1) is 5.56 Å². The molecule has 3 rings (SSSR count). The summed E-state index contributed by atoms with van der Waals surface area (Å²) < 4.78 is 37.4. The van der Waals surface area contributed by atoms with E-state index in [0.717, 1.165) is 23.0 Å². The average molecular weight is 541 g/mol. The molecule has 0 unspecified atom stereocenters. The summed E-state index contributed by atoms with van der Waals surface area (Å²) in [4.78, 5) is 3.87. The van der Waals surface area contributed by atoms with E-state index in [2.05, 4.69) is 11.1 Å². The Labute approximate surface area is 168 Å². The Hall–Kier alpha value is -1.71. The molecule has 26 heavy (non-hydrogen) atoms. The fourth-order valence-corrected chi connectivity index (χ4v) is 1.99. The summed E-state index contributed by atoms with van der Waals surface area (Å²) in [7, 11) is 0. The summed E-state index contributed by atoms with van der Waals surface area (Å²) in [5, 5.41) is 1.94. The second-order valence-corrected chi connectivity index (χ2v) is 4.39. The Morgan fingerprint density at radius 2 is 1.46 bits per heavy atom. The van der Waals surface area contributed by atoms with Gasteiger partial charge in [0.2, 0.25) is 0 Å². The number of rotatable bonds is 1. The standard InChI is InChI=1S/C16H9F3N.2C2H6.CH4.Ir/c17-16(18,19)14-7-8-15(20-10-14)13-6-5-11-3-1-2-4-12(11)9-13;2*1-2;;/h1-8,10H;2*1-2H3;1H4;/q-1;;;;. The molecule has 1 heterocycles. The largest absolute Gasteiger partial charge is 0.417 e. The Morgan fingerprint density at radius 3 is 2.00 bits per heavy atom. The summed E-state index contributed by atoms with van der Waals surface area (Å²) >= 11 is 0. The molecular formula is C21H25F3IrN-. The average Bonchev–Trinajstić information content (AvgIpc) is 2.64. The fourth-order valence-electron chi connectivity index (χ4n) is 1.99. The van der Waals surface area contributed by atoms with Gasteiger partial charge in [0.1, 0.15) is 0 Å². The van der Waals surface area contributed by atoms with Gasteiger partial charge in [0, 0.05) is 32.0 Å². The van der Waals surface area contributed by atoms with Gasteiger partial charge in [-0.15, -0.1) is 29.7 Å². The van der Waals surface area contributed by atoms with Crippen LogP contribution in [0.25, 0.3) is 22.0 Å². The molecule has 0 aliphatic heterocycles. The van der Waals surface area contributed by atoms with Crippen molar-refractivity contribution in [1.29, 1.82) is 0 Å². The maximum atomic E-state index is 12.5. The number of alkyl halides is 3. The van der Waals surface area contributed by atoms with Crippen molar-refractivity contribution in [1.82, 2.24) is 4.98 Å². The Bertz CT molecular complexity index is 753. The molecule has 5 heteroatoms. The maximum Gasteiger partial charge on any atom is 0.417 e. The normalized spacial score (nSPS) is 9.50. The maximum absolute atomic E-state index is 12.5. The number of benzene rings is 2. The van der Waals surface area contributed by atoms with Gasteiger partial charge in [-0.25, -0.2) is 0 Å². The van der Waals surface area contributed by atoms with Gasteiger partial charge in [-0.2, -0.15) is 13.2 Å². The van der Waals surface area contributed by atoms with Crippen molar-refractivity contribution >= 4 is 10.8 Å². The SMILES string of the molecule is C.CC.CC.FC(F)(F)c1ccc(-c2[c-]c3ccccc3cc2)nc1.[Ir]. The van der Waals surface area contributed by atoms with Crippen LogP contribution in [-0.2, 0) is 26.3 Å². The first-order chi connectivity index (χ1) is 11.5. The number of aromatic nitrogens is 1. The van der Waals surface area contributed by atoms with Crippen LogP contribution in [0.3, 0.4) is 0 Å². The molecule has 0 atom stereocenters. The molecule has 145 valence electrons. The van der Waals surface area contributed by atoms with Crippen LogP contribution in [0.1, 0.15) is 40.7 Å². The molecule has 0 saturated carbocycles. The Morgan fingerprint density at radius 1 is 0.846 bits per heavy atom. The van der Waals surface area contributed by atoms with Crippen molar-refractivity contribution in [3.8, 4) is 11.3 Å². The first-order valence-electron chi connectivity index (χ1n) is 7.99. The van der Waals surface area contributed by atoms with E-state index in [0.29, 0.717) is 11.3 Å². The van der Waals surface area contributed by atoms with Crippen molar-refractivity contribution < 1.29 is 33.3 Å². The van der Waals surface area contributed by atoms with Crippen molar-refractivity contribution in [2.24, 2.45) is 0 Å². The summed E-state index contributed by atoms with van der Waals surface area (Å²) in [5.74, 6) is 0. The Kier molecular flexibility index (Phi) is 12.9. The van der Waals surface area contributed by atoms with Crippen molar-refractivity contribution in [2.75, 3.05) is 0 Å². The van der Waals surface area contributed by atoms with Gasteiger partial charge in [0.25, 0.3) is 0 Å². The van der Waals surface area contributed by atoms with E-state index < -0.39 is 11.7 Å². The van der Waals surface area contributed by atoms with E-state index in [1.54, 1.807) is 6.07 Å². The first-order valence-corrected chi connectivity index (χ1v) is 7.99. The zero-order valence-electron chi connectivity index (χ0n) is 14.6. The number of pyridine rings is 1. The minimum Gasteiger partial charge on any atom is -0.295 e. The molecule has 0 amide bonds. The topological polar surface area (TPSA) is 12.9 Å². The molecule has 1 aromatic heterocycles. The molecule has 0 saturated heterocycles. The van der Waals surface area contributed by atoms with Crippen LogP contribution >= 0.6 is 0 Å². The van der Waals surface area contributed by atoms with Gasteiger partial charge in [-0.1, -0.05) is 76.4 Å². The fraction of sp³-hybridized carbons (Fsp3) is 0.286. The molecular weight excluding hydrogens is 515 g/mol. The third kappa shape index (κ3) is 6.89. The molecule has 0 bridgehead atoms. The molecule has 0 N–H and O–H groups in total. The molecule has 3 aromatic rings. The number of fused-ring (bicyclic) bond motifs is 1. The van der Waals surface area contributed by atoms with Crippen LogP contribution in [0, 0.1) is 6.07 Å².